The normalized spacial score (nSPS) is 14.1. The molecular weight excluding hydrogens is 472 g/mol. The first kappa shape index (κ1) is 15.9. The van der Waals surface area contributed by atoms with Crippen molar-refractivity contribution in [1.82, 2.24) is 9.55 Å². The van der Waals surface area contributed by atoms with E-state index in [0.29, 0.717) is 5.56 Å². The average molecular weight is 504 g/mol. The second-order valence-electron chi connectivity index (χ2n) is 9.44. The second kappa shape index (κ2) is 8.68. The number of rotatable bonds is 3. The number of imidazole rings is 1. The summed E-state index contributed by atoms with van der Waals surface area (Å²) in [6, 6.07) is 30.9. The molecule has 1 aromatic heterocycles. The van der Waals surface area contributed by atoms with Crippen molar-refractivity contribution >= 4 is 43.4 Å². The minimum absolute atomic E-state index is 0.0647. The van der Waals surface area contributed by atoms with Crippen LogP contribution in [0.5, 0.6) is 0 Å². The molecule has 2 heteroatoms. The maximum Gasteiger partial charge on any atom is 0.146 e. The van der Waals surface area contributed by atoms with Gasteiger partial charge in [0.2, 0.25) is 0 Å². The van der Waals surface area contributed by atoms with Gasteiger partial charge in [-0.3, -0.25) is 4.57 Å². The molecule has 0 aliphatic carbocycles. The molecule has 0 spiro atoms. The molecule has 0 N–H and O–H groups in total. The Kier molecular flexibility index (Phi) is 3.54. The molecule has 0 aliphatic heterocycles. The van der Waals surface area contributed by atoms with Gasteiger partial charge in [-0.1, -0.05) is 121 Å². The zero-order valence-electron chi connectivity index (χ0n) is 27.7. The summed E-state index contributed by atoms with van der Waals surface area (Å²) in [6.07, 6.45) is 0. The molecule has 0 amide bonds. The fraction of sp³-hybridized carbons (Fsp3) is 0. The summed E-state index contributed by atoms with van der Waals surface area (Å²) in [6.45, 7) is 0. The zero-order valence-corrected chi connectivity index (χ0v) is 20.7. The molecule has 0 atom stereocenters. The molecule has 182 valence electrons. The number of benzene rings is 7. The monoisotopic (exact) mass is 503 g/mol. The first-order chi connectivity index (χ1) is 22.3. The van der Waals surface area contributed by atoms with E-state index in [4.69, 9.17) is 14.6 Å². The summed E-state index contributed by atoms with van der Waals surface area (Å²) in [5.41, 5.74) is 4.38. The van der Waals surface area contributed by atoms with Crippen LogP contribution in [-0.4, -0.2) is 9.55 Å². The number of para-hydroxylation sites is 3. The molecule has 0 radical (unpaired) electrons. The lowest BCUT2D eigenvalue weighted by Crippen LogP contribution is -1.99. The van der Waals surface area contributed by atoms with Crippen molar-refractivity contribution in [3.63, 3.8) is 0 Å². The van der Waals surface area contributed by atoms with E-state index in [1.165, 1.54) is 0 Å². The standard InChI is InChI=1S/C37H24N2/c1-2-15-26(16-3-1)39-34-24-11-10-23-33(34)38-37(39)36-31-20-8-6-18-29(31)35(30-19-7-9-21-32(30)36)28-22-12-14-25-13-4-5-17-27(25)28/h1-24H/i4D,5D,12D,13D,14D,17D,22D. The van der Waals surface area contributed by atoms with Gasteiger partial charge in [-0.15, -0.1) is 0 Å². The van der Waals surface area contributed by atoms with E-state index in [2.05, 4.69) is 4.57 Å². The minimum atomic E-state index is -0.473. The van der Waals surface area contributed by atoms with Crippen LogP contribution in [0.15, 0.2) is 145 Å². The summed E-state index contributed by atoms with van der Waals surface area (Å²) >= 11 is 0. The van der Waals surface area contributed by atoms with Crippen molar-refractivity contribution in [1.29, 1.82) is 0 Å². The van der Waals surface area contributed by atoms with Gasteiger partial charge in [-0.05, 0) is 67.7 Å². The summed E-state index contributed by atoms with van der Waals surface area (Å²) in [5.74, 6) is 0.729. The van der Waals surface area contributed by atoms with Crippen molar-refractivity contribution < 1.29 is 9.60 Å². The summed E-state index contributed by atoms with van der Waals surface area (Å²) < 4.78 is 63.0. The van der Waals surface area contributed by atoms with Gasteiger partial charge in [0.25, 0.3) is 0 Å². The molecule has 0 bridgehead atoms. The van der Waals surface area contributed by atoms with Crippen molar-refractivity contribution in [2.24, 2.45) is 0 Å². The van der Waals surface area contributed by atoms with Crippen molar-refractivity contribution in [3.05, 3.63) is 145 Å². The fourth-order valence-electron chi connectivity index (χ4n) is 5.67. The smallest absolute Gasteiger partial charge is 0.146 e. The van der Waals surface area contributed by atoms with Crippen molar-refractivity contribution in [2.45, 2.75) is 0 Å². The molecule has 7 aromatic carbocycles. The highest BCUT2D eigenvalue weighted by Crippen LogP contribution is 2.45. The lowest BCUT2D eigenvalue weighted by Gasteiger charge is -2.19. The van der Waals surface area contributed by atoms with Crippen LogP contribution >= 0.6 is 0 Å². The van der Waals surface area contributed by atoms with E-state index in [0.717, 1.165) is 49.7 Å². The number of hydrogen-bond acceptors (Lipinski definition) is 1. The highest BCUT2D eigenvalue weighted by atomic mass is 15.1. The lowest BCUT2D eigenvalue weighted by molar-refractivity contribution is 1.11. The molecule has 0 saturated carbocycles. The first-order valence-corrected chi connectivity index (χ1v) is 12.8. The Morgan fingerprint density at radius 3 is 1.85 bits per heavy atom. The van der Waals surface area contributed by atoms with Gasteiger partial charge < -0.3 is 0 Å². The number of aromatic nitrogens is 2. The minimum Gasteiger partial charge on any atom is -0.292 e. The Bertz CT molecular complexity index is 2490. The van der Waals surface area contributed by atoms with Gasteiger partial charge in [0.1, 0.15) is 5.82 Å². The molecule has 8 rings (SSSR count). The third-order valence-electron chi connectivity index (χ3n) is 7.29. The third kappa shape index (κ3) is 3.32. The first-order valence-electron chi connectivity index (χ1n) is 16.3. The number of fused-ring (bicyclic) bond motifs is 4. The molecule has 0 fully saturated rings. The van der Waals surface area contributed by atoms with E-state index < -0.39 is 30.2 Å². The maximum atomic E-state index is 9.16. The molecule has 1 heterocycles. The predicted molar refractivity (Wildman–Crippen MR) is 164 cm³/mol. The van der Waals surface area contributed by atoms with E-state index in [-0.39, 0.29) is 28.4 Å². The molecule has 39 heavy (non-hydrogen) atoms. The fourth-order valence-corrected chi connectivity index (χ4v) is 5.67. The summed E-state index contributed by atoms with van der Waals surface area (Å²) in [4.78, 5) is 5.17. The van der Waals surface area contributed by atoms with Crippen LogP contribution in [0.1, 0.15) is 9.60 Å². The predicted octanol–water partition coefficient (Wildman–Crippen LogP) is 9.82. The van der Waals surface area contributed by atoms with E-state index in [1.54, 1.807) is 0 Å². The lowest BCUT2D eigenvalue weighted by atomic mass is 9.86. The third-order valence-corrected chi connectivity index (χ3v) is 7.29. The van der Waals surface area contributed by atoms with Gasteiger partial charge in [-0.25, -0.2) is 4.98 Å². The van der Waals surface area contributed by atoms with E-state index in [1.807, 2.05) is 103 Å². The number of nitrogens with zero attached hydrogens (tertiary/aromatic N) is 2. The Morgan fingerprint density at radius 1 is 0.513 bits per heavy atom. The average Bonchev–Trinajstić information content (AvgIpc) is 3.47. The van der Waals surface area contributed by atoms with Crippen molar-refractivity contribution in [3.8, 4) is 28.2 Å². The van der Waals surface area contributed by atoms with Crippen molar-refractivity contribution in [2.75, 3.05) is 0 Å². The van der Waals surface area contributed by atoms with E-state index in [9.17, 15) is 0 Å². The maximum absolute atomic E-state index is 9.16. The van der Waals surface area contributed by atoms with Gasteiger partial charge in [0.05, 0.1) is 20.6 Å². The molecule has 0 aliphatic rings. The van der Waals surface area contributed by atoms with Gasteiger partial charge >= 0.3 is 0 Å². The molecule has 0 unspecified atom stereocenters. The molecule has 8 aromatic rings. The van der Waals surface area contributed by atoms with E-state index >= 15 is 0 Å². The van der Waals surface area contributed by atoms with Gasteiger partial charge in [0.15, 0.2) is 0 Å². The highest BCUT2D eigenvalue weighted by molar-refractivity contribution is 6.23. The quantitative estimate of drug-likeness (QED) is 0.219. The SMILES string of the molecule is [2H]c1c([2H])c([2H])c2c(-c3c4ccccc4c(-c4nc5ccccc5n4-c4ccccc4)c4ccccc34)c([2H])c([2H])c([2H])c2c1[2H]. The number of hydrogen-bond donors (Lipinski definition) is 0. The Labute approximate surface area is 236 Å². The van der Waals surface area contributed by atoms with Gasteiger partial charge in [-0.2, -0.15) is 0 Å². The topological polar surface area (TPSA) is 17.8 Å². The Balaban J connectivity index is 1.61. The van der Waals surface area contributed by atoms with Crippen LogP contribution in [0.4, 0.5) is 0 Å². The van der Waals surface area contributed by atoms with Gasteiger partial charge in [0, 0.05) is 11.3 Å². The van der Waals surface area contributed by atoms with Crippen LogP contribution in [0.3, 0.4) is 0 Å². The van der Waals surface area contributed by atoms with Crippen LogP contribution in [-0.2, 0) is 0 Å². The highest BCUT2D eigenvalue weighted by Gasteiger charge is 2.22. The van der Waals surface area contributed by atoms with Crippen LogP contribution in [0.2, 0.25) is 0 Å². The molecule has 2 nitrogen and oxygen atoms in total. The molecule has 0 saturated heterocycles. The second-order valence-corrected chi connectivity index (χ2v) is 9.44. The zero-order chi connectivity index (χ0) is 31.9. The summed E-state index contributed by atoms with van der Waals surface area (Å²) in [7, 11) is 0. The molecular formula is C37H24N2. The Morgan fingerprint density at radius 2 is 1.10 bits per heavy atom. The Hall–Kier alpha value is -5.21. The summed E-state index contributed by atoms with van der Waals surface area (Å²) in [5, 5.41) is 3.14. The largest absolute Gasteiger partial charge is 0.292 e. The van der Waals surface area contributed by atoms with Crippen LogP contribution in [0, 0.1) is 0 Å². The van der Waals surface area contributed by atoms with Crippen LogP contribution < -0.4 is 0 Å². The van der Waals surface area contributed by atoms with Crippen LogP contribution in [0.25, 0.3) is 71.6 Å².